The fourth-order valence-electron chi connectivity index (χ4n) is 3.56. The van der Waals surface area contributed by atoms with E-state index in [1.54, 1.807) is 12.3 Å². The lowest BCUT2D eigenvalue weighted by Crippen LogP contribution is -2.32. The smallest absolute Gasteiger partial charge is 0.277 e. The van der Waals surface area contributed by atoms with Gasteiger partial charge in [-0.1, -0.05) is 6.07 Å². The van der Waals surface area contributed by atoms with Crippen LogP contribution in [0.2, 0.25) is 0 Å². The average molecular weight is 417 g/mol. The minimum absolute atomic E-state index is 0. The first-order valence-electron chi connectivity index (χ1n) is 9.28. The van der Waals surface area contributed by atoms with Crippen LogP contribution in [0.4, 0.5) is 5.82 Å². The van der Waals surface area contributed by atoms with Crippen LogP contribution in [-0.2, 0) is 0 Å². The summed E-state index contributed by atoms with van der Waals surface area (Å²) in [6.45, 7) is 2.12. The van der Waals surface area contributed by atoms with E-state index in [1.165, 1.54) is 0 Å². The van der Waals surface area contributed by atoms with Crippen molar-refractivity contribution >= 4 is 24.1 Å². The van der Waals surface area contributed by atoms with E-state index in [-0.39, 0.29) is 31.1 Å². The molecule has 9 nitrogen and oxygen atoms in total. The predicted molar refractivity (Wildman–Crippen MR) is 109 cm³/mol. The maximum Gasteiger partial charge on any atom is 0.277 e. The maximum absolute atomic E-state index is 12.7. The number of halogens is 1. The Morgan fingerprint density at radius 1 is 1.24 bits per heavy atom. The van der Waals surface area contributed by atoms with E-state index in [1.807, 2.05) is 29.1 Å². The monoisotopic (exact) mass is 416 g/mol. The number of fused-ring (bicyclic) bond motifs is 1. The van der Waals surface area contributed by atoms with E-state index >= 15 is 0 Å². The molecule has 0 spiro atoms. The molecule has 1 fully saturated rings. The quantitative estimate of drug-likeness (QED) is 0.603. The summed E-state index contributed by atoms with van der Waals surface area (Å²) in [7, 11) is 0. The highest BCUT2D eigenvalue weighted by Gasteiger charge is 2.20. The molecule has 5 rings (SSSR count). The zero-order valence-corrected chi connectivity index (χ0v) is 16.4. The Labute approximate surface area is 173 Å². The zero-order chi connectivity index (χ0) is 18.9. The topological polar surface area (TPSA) is 106 Å². The molecule has 1 amide bonds. The van der Waals surface area contributed by atoms with Gasteiger partial charge in [0.15, 0.2) is 17.2 Å². The molecule has 1 saturated heterocycles. The van der Waals surface area contributed by atoms with Gasteiger partial charge < -0.3 is 20.1 Å². The molecule has 4 heterocycles. The molecule has 1 unspecified atom stereocenters. The van der Waals surface area contributed by atoms with Crippen LogP contribution in [0.25, 0.3) is 11.1 Å². The third-order valence-corrected chi connectivity index (χ3v) is 5.05. The Balaban J connectivity index is 0.00000205. The first-order chi connectivity index (χ1) is 13.8. The Hall–Kier alpha value is -3.04. The molecule has 3 N–H and O–H groups in total. The summed E-state index contributed by atoms with van der Waals surface area (Å²) in [5.74, 6) is 1.61. The summed E-state index contributed by atoms with van der Waals surface area (Å²) < 4.78 is 12.6. The Morgan fingerprint density at radius 2 is 2.14 bits per heavy atom. The Kier molecular flexibility index (Phi) is 5.41. The molecule has 1 aromatic carbocycles. The van der Waals surface area contributed by atoms with Gasteiger partial charge in [-0.25, -0.2) is 0 Å². The first kappa shape index (κ1) is 19.3. The van der Waals surface area contributed by atoms with Crippen molar-refractivity contribution in [2.24, 2.45) is 0 Å². The highest BCUT2D eigenvalue weighted by atomic mass is 35.5. The van der Waals surface area contributed by atoms with Gasteiger partial charge in [0, 0.05) is 18.3 Å². The van der Waals surface area contributed by atoms with Gasteiger partial charge in [0.25, 0.3) is 5.91 Å². The van der Waals surface area contributed by atoms with Crippen LogP contribution in [0.1, 0.15) is 29.4 Å². The number of anilines is 1. The maximum atomic E-state index is 12.7. The van der Waals surface area contributed by atoms with Crippen LogP contribution in [0.3, 0.4) is 0 Å². The minimum atomic E-state index is -0.284. The lowest BCUT2D eigenvalue weighted by molar-refractivity contribution is 0.102. The molecule has 3 aromatic rings. The number of H-pyrrole nitrogens is 1. The van der Waals surface area contributed by atoms with E-state index in [2.05, 4.69) is 25.9 Å². The molecule has 1 atom stereocenters. The van der Waals surface area contributed by atoms with Crippen molar-refractivity contribution in [3.05, 3.63) is 42.4 Å². The van der Waals surface area contributed by atoms with E-state index in [9.17, 15) is 4.79 Å². The molecule has 0 saturated carbocycles. The van der Waals surface area contributed by atoms with E-state index in [0.29, 0.717) is 23.0 Å². The van der Waals surface area contributed by atoms with Crippen LogP contribution in [0.5, 0.6) is 11.5 Å². The van der Waals surface area contributed by atoms with E-state index in [4.69, 9.17) is 9.47 Å². The summed E-state index contributed by atoms with van der Waals surface area (Å²) in [5, 5.41) is 17.6. The van der Waals surface area contributed by atoms with Crippen LogP contribution in [0.15, 0.2) is 36.7 Å². The standard InChI is InChI=1S/C19H20N6O3.ClH/c26-19(15-5-7-25(24-15)13-2-1-6-20-9-13)22-18-14(10-21-23-18)12-3-4-16-17(8-12)28-11-27-16;/h3-5,7-8,10,13,20H,1-2,6,9,11H2,(H2,21,22,23,26);1H. The lowest BCUT2D eigenvalue weighted by Gasteiger charge is -2.22. The largest absolute Gasteiger partial charge is 0.454 e. The van der Waals surface area contributed by atoms with Gasteiger partial charge in [0.2, 0.25) is 6.79 Å². The molecule has 29 heavy (non-hydrogen) atoms. The van der Waals surface area contributed by atoms with Crippen molar-refractivity contribution in [3.8, 4) is 22.6 Å². The Bertz CT molecular complexity index is 1010. The SMILES string of the molecule is Cl.O=C(Nc1[nH]ncc1-c1ccc2c(c1)OCO2)c1ccn(C2CCCNC2)n1. The molecule has 0 aliphatic carbocycles. The minimum Gasteiger partial charge on any atom is -0.454 e. The third kappa shape index (κ3) is 3.79. The number of aromatic nitrogens is 4. The summed E-state index contributed by atoms with van der Waals surface area (Å²) in [4.78, 5) is 12.7. The molecule has 152 valence electrons. The number of benzene rings is 1. The third-order valence-electron chi connectivity index (χ3n) is 5.05. The fraction of sp³-hybridized carbons (Fsp3) is 0.316. The molecular formula is C19H21ClN6O3. The van der Waals surface area contributed by atoms with Gasteiger partial charge in [-0.3, -0.25) is 14.6 Å². The average Bonchev–Trinajstić information content (AvgIpc) is 3.48. The summed E-state index contributed by atoms with van der Waals surface area (Å²) in [6, 6.07) is 7.63. The number of carbonyl (C=O) groups excluding carboxylic acids is 1. The number of rotatable bonds is 4. The van der Waals surface area contributed by atoms with Crippen molar-refractivity contribution in [2.45, 2.75) is 18.9 Å². The number of carbonyl (C=O) groups is 1. The van der Waals surface area contributed by atoms with Gasteiger partial charge in [0.1, 0.15) is 5.82 Å². The van der Waals surface area contributed by atoms with Crippen molar-refractivity contribution in [2.75, 3.05) is 25.2 Å². The van der Waals surface area contributed by atoms with E-state index < -0.39 is 0 Å². The van der Waals surface area contributed by atoms with Gasteiger partial charge >= 0.3 is 0 Å². The molecule has 0 bridgehead atoms. The normalized spacial score (nSPS) is 17.6. The number of hydrogen-bond acceptors (Lipinski definition) is 6. The first-order valence-corrected chi connectivity index (χ1v) is 9.28. The number of nitrogens with one attached hydrogen (secondary N) is 3. The molecule has 2 aromatic heterocycles. The fourth-order valence-corrected chi connectivity index (χ4v) is 3.56. The lowest BCUT2D eigenvalue weighted by atomic mass is 10.1. The van der Waals surface area contributed by atoms with Gasteiger partial charge in [-0.2, -0.15) is 10.2 Å². The van der Waals surface area contributed by atoms with Crippen molar-refractivity contribution in [1.29, 1.82) is 0 Å². The number of hydrogen-bond donors (Lipinski definition) is 3. The second-order valence-electron chi connectivity index (χ2n) is 6.86. The van der Waals surface area contributed by atoms with Crippen LogP contribution < -0.4 is 20.1 Å². The van der Waals surface area contributed by atoms with Crippen LogP contribution >= 0.6 is 12.4 Å². The summed E-state index contributed by atoms with van der Waals surface area (Å²) >= 11 is 0. The molecular weight excluding hydrogens is 396 g/mol. The summed E-state index contributed by atoms with van der Waals surface area (Å²) in [5.41, 5.74) is 2.01. The summed E-state index contributed by atoms with van der Waals surface area (Å²) in [6.07, 6.45) is 5.70. The van der Waals surface area contributed by atoms with Gasteiger partial charge in [-0.15, -0.1) is 12.4 Å². The molecule has 2 aliphatic rings. The Morgan fingerprint density at radius 3 is 3.00 bits per heavy atom. The van der Waals surface area contributed by atoms with E-state index in [0.717, 1.165) is 37.1 Å². The van der Waals surface area contributed by atoms with Crippen molar-refractivity contribution < 1.29 is 14.3 Å². The predicted octanol–water partition coefficient (Wildman–Crippen LogP) is 2.60. The second kappa shape index (κ2) is 8.14. The molecule has 2 aliphatic heterocycles. The molecule has 0 radical (unpaired) electrons. The highest BCUT2D eigenvalue weighted by Crippen LogP contribution is 2.37. The van der Waals surface area contributed by atoms with Crippen LogP contribution in [-0.4, -0.2) is 45.8 Å². The highest BCUT2D eigenvalue weighted by molar-refractivity contribution is 6.04. The number of piperidine rings is 1. The van der Waals surface area contributed by atoms with Gasteiger partial charge in [0.05, 0.1) is 12.2 Å². The molecule has 10 heteroatoms. The second-order valence-corrected chi connectivity index (χ2v) is 6.86. The van der Waals surface area contributed by atoms with Crippen molar-refractivity contribution in [3.63, 3.8) is 0 Å². The number of ether oxygens (including phenoxy) is 2. The zero-order valence-electron chi connectivity index (χ0n) is 15.6. The number of amides is 1. The van der Waals surface area contributed by atoms with Gasteiger partial charge in [-0.05, 0) is 43.1 Å². The van der Waals surface area contributed by atoms with Crippen LogP contribution in [0, 0.1) is 0 Å². The number of aromatic amines is 1. The van der Waals surface area contributed by atoms with Crippen molar-refractivity contribution in [1.82, 2.24) is 25.3 Å². The number of nitrogens with zero attached hydrogens (tertiary/aromatic N) is 3.